The Hall–Kier alpha value is -1.14. The van der Waals surface area contributed by atoms with E-state index in [1.807, 2.05) is 6.92 Å². The van der Waals surface area contributed by atoms with Gasteiger partial charge in [0.2, 0.25) is 0 Å². The van der Waals surface area contributed by atoms with E-state index in [0.29, 0.717) is 5.84 Å². The lowest BCUT2D eigenvalue weighted by atomic mass is 10.2. The monoisotopic (exact) mass is 254 g/mol. The summed E-state index contributed by atoms with van der Waals surface area (Å²) in [5.74, 6) is 0.313. The highest BCUT2D eigenvalue weighted by Crippen LogP contribution is 2.23. The molecule has 3 N–H and O–H groups in total. The zero-order valence-electron chi connectivity index (χ0n) is 10.2. The van der Waals surface area contributed by atoms with Crippen LogP contribution in [0, 0.1) is 13.8 Å². The highest BCUT2D eigenvalue weighted by Gasteiger charge is 2.28. The van der Waals surface area contributed by atoms with E-state index in [2.05, 4.69) is 22.0 Å². The van der Waals surface area contributed by atoms with Crippen molar-refractivity contribution in [2.24, 2.45) is 10.9 Å². The molecule has 0 bridgehead atoms. The molecule has 17 heavy (non-hydrogen) atoms. The first-order valence-electron chi connectivity index (χ1n) is 5.76. The van der Waals surface area contributed by atoms with E-state index in [9.17, 15) is 0 Å². The van der Waals surface area contributed by atoms with Crippen LogP contribution >= 0.6 is 11.3 Å². The van der Waals surface area contributed by atoms with Gasteiger partial charge in [0.15, 0.2) is 5.84 Å². The molecule has 1 fully saturated rings. The number of nitrogens with zero attached hydrogens (tertiary/aromatic N) is 3. The normalized spacial score (nSPS) is 22.2. The standard InChI is InChI=1S/C11H18N4OS/c1-7-8(2)17-10(13-7)6-15-5-3-4-9(15)11(12)14-16/h9,16H,3-6H2,1-2H3,(H2,12,14). The third-order valence-corrected chi connectivity index (χ3v) is 4.29. The second kappa shape index (κ2) is 5.01. The molecule has 0 spiro atoms. The van der Waals surface area contributed by atoms with E-state index in [0.717, 1.165) is 36.6 Å². The third kappa shape index (κ3) is 2.58. The number of amidine groups is 1. The van der Waals surface area contributed by atoms with E-state index in [-0.39, 0.29) is 6.04 Å². The van der Waals surface area contributed by atoms with E-state index in [1.54, 1.807) is 11.3 Å². The highest BCUT2D eigenvalue weighted by molar-refractivity contribution is 7.11. The number of likely N-dealkylation sites (tertiary alicyclic amines) is 1. The average Bonchev–Trinajstić information content (AvgIpc) is 2.86. The number of thiazole rings is 1. The molecule has 0 aromatic carbocycles. The van der Waals surface area contributed by atoms with Crippen molar-refractivity contribution in [2.45, 2.75) is 39.3 Å². The quantitative estimate of drug-likeness (QED) is 0.371. The summed E-state index contributed by atoms with van der Waals surface area (Å²) in [6.07, 6.45) is 2.05. The lowest BCUT2D eigenvalue weighted by Gasteiger charge is -2.21. The van der Waals surface area contributed by atoms with Crippen molar-refractivity contribution in [3.63, 3.8) is 0 Å². The van der Waals surface area contributed by atoms with Crippen molar-refractivity contribution in [3.05, 3.63) is 15.6 Å². The number of hydrogen-bond acceptors (Lipinski definition) is 5. The van der Waals surface area contributed by atoms with Crippen LogP contribution in [-0.4, -0.2) is 33.5 Å². The van der Waals surface area contributed by atoms with Crippen molar-refractivity contribution < 1.29 is 5.21 Å². The average molecular weight is 254 g/mol. The number of nitrogens with two attached hydrogens (primary N) is 1. The van der Waals surface area contributed by atoms with E-state index in [1.165, 1.54) is 4.88 Å². The molecule has 0 saturated carbocycles. The number of oxime groups is 1. The van der Waals surface area contributed by atoms with Crippen molar-refractivity contribution >= 4 is 17.2 Å². The first-order chi connectivity index (χ1) is 8.11. The van der Waals surface area contributed by atoms with Crippen LogP contribution in [0.5, 0.6) is 0 Å². The summed E-state index contributed by atoms with van der Waals surface area (Å²) in [6.45, 7) is 5.89. The van der Waals surface area contributed by atoms with Crippen LogP contribution in [0.3, 0.4) is 0 Å². The summed E-state index contributed by atoms with van der Waals surface area (Å²) in [6, 6.07) is 0.0597. The Balaban J connectivity index is 2.07. The summed E-state index contributed by atoms with van der Waals surface area (Å²) < 4.78 is 0. The van der Waals surface area contributed by atoms with Gasteiger partial charge in [0.25, 0.3) is 0 Å². The van der Waals surface area contributed by atoms with E-state index >= 15 is 0 Å². The van der Waals surface area contributed by atoms with Gasteiger partial charge in [-0.2, -0.15) is 0 Å². The Bertz CT molecular complexity index is 410. The lowest BCUT2D eigenvalue weighted by molar-refractivity contribution is 0.274. The van der Waals surface area contributed by atoms with Crippen LogP contribution in [-0.2, 0) is 6.54 Å². The smallest absolute Gasteiger partial charge is 0.156 e. The molecule has 1 aliphatic heterocycles. The maximum Gasteiger partial charge on any atom is 0.156 e. The SMILES string of the molecule is Cc1nc(CN2CCCC2C(N)=NO)sc1C. The lowest BCUT2D eigenvalue weighted by Crippen LogP contribution is -2.40. The Labute approximate surface area is 105 Å². The Morgan fingerprint density at radius 2 is 2.41 bits per heavy atom. The molecular formula is C11H18N4OS. The van der Waals surface area contributed by atoms with Crippen molar-refractivity contribution in [1.82, 2.24) is 9.88 Å². The summed E-state index contributed by atoms with van der Waals surface area (Å²) in [7, 11) is 0. The molecule has 6 heteroatoms. The van der Waals surface area contributed by atoms with Gasteiger partial charge in [-0.3, -0.25) is 4.90 Å². The fourth-order valence-electron chi connectivity index (χ4n) is 2.20. The van der Waals surface area contributed by atoms with Crippen molar-refractivity contribution in [2.75, 3.05) is 6.54 Å². The van der Waals surface area contributed by atoms with Crippen LogP contribution in [0.1, 0.15) is 28.4 Å². The Morgan fingerprint density at radius 3 is 3.00 bits per heavy atom. The minimum atomic E-state index is 0.0597. The predicted octanol–water partition coefficient (Wildman–Crippen LogP) is 1.47. The maximum absolute atomic E-state index is 8.75. The van der Waals surface area contributed by atoms with Gasteiger partial charge in [-0.15, -0.1) is 11.3 Å². The summed E-state index contributed by atoms with van der Waals surface area (Å²) in [5, 5.41) is 13.0. The van der Waals surface area contributed by atoms with Gasteiger partial charge in [-0.25, -0.2) is 4.98 Å². The van der Waals surface area contributed by atoms with Gasteiger partial charge in [0, 0.05) is 4.88 Å². The number of aromatic nitrogens is 1. The van der Waals surface area contributed by atoms with E-state index in [4.69, 9.17) is 10.9 Å². The predicted molar refractivity (Wildman–Crippen MR) is 68.4 cm³/mol. The van der Waals surface area contributed by atoms with Gasteiger partial charge in [0.1, 0.15) is 5.01 Å². The number of rotatable bonds is 3. The molecule has 1 atom stereocenters. The minimum absolute atomic E-state index is 0.0597. The van der Waals surface area contributed by atoms with Crippen molar-refractivity contribution in [1.29, 1.82) is 0 Å². The molecule has 0 aliphatic carbocycles. The summed E-state index contributed by atoms with van der Waals surface area (Å²) in [4.78, 5) is 8.02. The summed E-state index contributed by atoms with van der Waals surface area (Å²) >= 11 is 1.73. The molecule has 1 aliphatic rings. The highest BCUT2D eigenvalue weighted by atomic mass is 32.1. The van der Waals surface area contributed by atoms with Crippen LogP contribution in [0.25, 0.3) is 0 Å². The van der Waals surface area contributed by atoms with Gasteiger partial charge in [-0.05, 0) is 33.2 Å². The fourth-order valence-corrected chi connectivity index (χ4v) is 3.16. The van der Waals surface area contributed by atoms with Crippen LogP contribution < -0.4 is 5.73 Å². The van der Waals surface area contributed by atoms with Crippen LogP contribution in [0.15, 0.2) is 5.16 Å². The van der Waals surface area contributed by atoms with Crippen LogP contribution in [0.2, 0.25) is 0 Å². The first-order valence-corrected chi connectivity index (χ1v) is 6.58. The zero-order chi connectivity index (χ0) is 12.4. The molecule has 0 amide bonds. The molecule has 1 unspecified atom stereocenters. The van der Waals surface area contributed by atoms with Gasteiger partial charge >= 0.3 is 0 Å². The molecular weight excluding hydrogens is 236 g/mol. The molecule has 5 nitrogen and oxygen atoms in total. The number of hydrogen-bond donors (Lipinski definition) is 2. The van der Waals surface area contributed by atoms with Gasteiger partial charge in [0.05, 0.1) is 18.3 Å². The molecule has 94 valence electrons. The van der Waals surface area contributed by atoms with Crippen LogP contribution in [0.4, 0.5) is 0 Å². The topological polar surface area (TPSA) is 74.7 Å². The molecule has 2 heterocycles. The minimum Gasteiger partial charge on any atom is -0.409 e. The first kappa shape index (κ1) is 12.3. The van der Waals surface area contributed by atoms with Crippen molar-refractivity contribution in [3.8, 4) is 0 Å². The largest absolute Gasteiger partial charge is 0.409 e. The molecule has 1 aromatic heterocycles. The molecule has 2 rings (SSSR count). The fraction of sp³-hybridized carbons (Fsp3) is 0.636. The maximum atomic E-state index is 8.75. The Morgan fingerprint density at radius 1 is 1.65 bits per heavy atom. The Kier molecular flexibility index (Phi) is 3.63. The molecule has 1 aromatic rings. The van der Waals surface area contributed by atoms with Gasteiger partial charge in [-0.1, -0.05) is 5.16 Å². The number of aryl methyl sites for hydroxylation is 2. The molecule has 0 radical (unpaired) electrons. The zero-order valence-corrected chi connectivity index (χ0v) is 11.0. The third-order valence-electron chi connectivity index (χ3n) is 3.23. The second-order valence-electron chi connectivity index (χ2n) is 4.40. The molecule has 1 saturated heterocycles. The van der Waals surface area contributed by atoms with E-state index < -0.39 is 0 Å². The van der Waals surface area contributed by atoms with Gasteiger partial charge < -0.3 is 10.9 Å². The summed E-state index contributed by atoms with van der Waals surface area (Å²) in [5.41, 5.74) is 6.80. The second-order valence-corrected chi connectivity index (χ2v) is 5.69.